The summed E-state index contributed by atoms with van der Waals surface area (Å²) < 4.78 is 0. The lowest BCUT2D eigenvalue weighted by molar-refractivity contribution is 0.0683. The van der Waals surface area contributed by atoms with Gasteiger partial charge in [0, 0.05) is 18.8 Å². The molecule has 0 unspecified atom stereocenters. The number of aromatic nitrogens is 2. The number of aromatic carboxylic acids is 1. The van der Waals surface area contributed by atoms with Gasteiger partial charge >= 0.3 is 5.97 Å². The first-order valence-electron chi connectivity index (χ1n) is 3.40. The maximum atomic E-state index is 10.4. The van der Waals surface area contributed by atoms with Crippen molar-refractivity contribution in [3.63, 3.8) is 0 Å². The van der Waals surface area contributed by atoms with Crippen molar-refractivity contribution in [2.75, 3.05) is 12.4 Å². The van der Waals surface area contributed by atoms with E-state index in [1.54, 1.807) is 14.0 Å². The van der Waals surface area contributed by atoms with E-state index in [0.29, 0.717) is 5.82 Å². The molecule has 1 heterocycles. The maximum Gasteiger partial charge on any atom is 0.374 e. The molecule has 0 aliphatic carbocycles. The number of rotatable bonds is 2. The summed E-state index contributed by atoms with van der Waals surface area (Å²) in [5.41, 5.74) is 0.822. The standard InChI is InChI=1S/C7H9N3O2/c1-4-3-9-6(7(11)12)10-5(4)8-2/h3H,1-2H3,(H,11,12)(H,8,9,10). The average molecular weight is 167 g/mol. The zero-order valence-corrected chi connectivity index (χ0v) is 6.83. The SMILES string of the molecule is CNc1nc(C(=O)O)ncc1C. The molecule has 1 aromatic rings. The zero-order chi connectivity index (χ0) is 9.14. The van der Waals surface area contributed by atoms with Gasteiger partial charge in [0.1, 0.15) is 5.82 Å². The highest BCUT2D eigenvalue weighted by Crippen LogP contribution is 2.08. The lowest BCUT2D eigenvalue weighted by Crippen LogP contribution is -2.07. The first-order chi connectivity index (χ1) is 5.65. The topological polar surface area (TPSA) is 75.1 Å². The molecule has 64 valence electrons. The molecule has 0 bridgehead atoms. The average Bonchev–Trinajstić information content (AvgIpc) is 2.05. The molecule has 0 saturated heterocycles. The second-order valence-corrected chi connectivity index (χ2v) is 2.28. The van der Waals surface area contributed by atoms with Crippen LogP contribution in [-0.4, -0.2) is 28.1 Å². The molecule has 0 fully saturated rings. The Morgan fingerprint density at radius 3 is 2.83 bits per heavy atom. The van der Waals surface area contributed by atoms with E-state index in [1.165, 1.54) is 6.20 Å². The summed E-state index contributed by atoms with van der Waals surface area (Å²) in [6.45, 7) is 1.80. The summed E-state index contributed by atoms with van der Waals surface area (Å²) in [6.07, 6.45) is 1.47. The van der Waals surface area contributed by atoms with Crippen molar-refractivity contribution >= 4 is 11.8 Å². The maximum absolute atomic E-state index is 10.4. The van der Waals surface area contributed by atoms with Crippen LogP contribution in [0, 0.1) is 6.92 Å². The number of anilines is 1. The molecule has 5 nitrogen and oxygen atoms in total. The smallest absolute Gasteiger partial charge is 0.374 e. The van der Waals surface area contributed by atoms with E-state index in [0.717, 1.165) is 5.56 Å². The third kappa shape index (κ3) is 1.50. The number of hydrogen-bond donors (Lipinski definition) is 2. The molecule has 0 saturated carbocycles. The summed E-state index contributed by atoms with van der Waals surface area (Å²) in [4.78, 5) is 17.8. The molecule has 0 amide bonds. The van der Waals surface area contributed by atoms with E-state index in [-0.39, 0.29) is 5.82 Å². The molecule has 0 aliphatic heterocycles. The number of carbonyl (C=O) groups is 1. The van der Waals surface area contributed by atoms with Crippen LogP contribution in [0.3, 0.4) is 0 Å². The normalized spacial score (nSPS) is 9.50. The van der Waals surface area contributed by atoms with Crippen LogP contribution >= 0.6 is 0 Å². The van der Waals surface area contributed by atoms with E-state index in [1.807, 2.05) is 0 Å². The number of nitrogens with zero attached hydrogens (tertiary/aromatic N) is 2. The second kappa shape index (κ2) is 3.17. The Hall–Kier alpha value is -1.65. The number of nitrogens with one attached hydrogen (secondary N) is 1. The van der Waals surface area contributed by atoms with Crippen LogP contribution in [0.2, 0.25) is 0 Å². The van der Waals surface area contributed by atoms with E-state index >= 15 is 0 Å². The molecule has 2 N–H and O–H groups in total. The van der Waals surface area contributed by atoms with Crippen LogP contribution in [0.25, 0.3) is 0 Å². The molecular weight excluding hydrogens is 158 g/mol. The Morgan fingerprint density at radius 2 is 2.33 bits per heavy atom. The van der Waals surface area contributed by atoms with E-state index in [2.05, 4.69) is 15.3 Å². The van der Waals surface area contributed by atoms with Crippen molar-refractivity contribution in [3.8, 4) is 0 Å². The Kier molecular flexibility index (Phi) is 2.23. The summed E-state index contributed by atoms with van der Waals surface area (Å²) in [6, 6.07) is 0. The molecule has 12 heavy (non-hydrogen) atoms. The number of aryl methyl sites for hydroxylation is 1. The van der Waals surface area contributed by atoms with Crippen molar-refractivity contribution in [2.24, 2.45) is 0 Å². The van der Waals surface area contributed by atoms with Gasteiger partial charge in [-0.3, -0.25) is 0 Å². The highest BCUT2D eigenvalue weighted by molar-refractivity contribution is 5.83. The molecule has 0 radical (unpaired) electrons. The Morgan fingerprint density at radius 1 is 1.67 bits per heavy atom. The van der Waals surface area contributed by atoms with Gasteiger partial charge in [0.2, 0.25) is 5.82 Å². The van der Waals surface area contributed by atoms with Gasteiger partial charge in [-0.25, -0.2) is 14.8 Å². The second-order valence-electron chi connectivity index (χ2n) is 2.28. The molecule has 5 heteroatoms. The zero-order valence-electron chi connectivity index (χ0n) is 6.83. The molecule has 0 spiro atoms. The van der Waals surface area contributed by atoms with Gasteiger partial charge in [-0.2, -0.15) is 0 Å². The van der Waals surface area contributed by atoms with Crippen LogP contribution in [0.1, 0.15) is 16.2 Å². The fraction of sp³-hybridized carbons (Fsp3) is 0.286. The highest BCUT2D eigenvalue weighted by atomic mass is 16.4. The molecular formula is C7H9N3O2. The number of carboxylic acids is 1. The Bertz CT molecular complexity index is 312. The third-order valence-electron chi connectivity index (χ3n) is 1.40. The minimum absolute atomic E-state index is 0.190. The van der Waals surface area contributed by atoms with Crippen LogP contribution < -0.4 is 5.32 Å². The quantitative estimate of drug-likeness (QED) is 0.671. The fourth-order valence-electron chi connectivity index (χ4n) is 0.798. The molecule has 0 aromatic carbocycles. The van der Waals surface area contributed by atoms with Crippen LogP contribution in [0.15, 0.2) is 6.20 Å². The van der Waals surface area contributed by atoms with Gasteiger partial charge in [-0.1, -0.05) is 0 Å². The van der Waals surface area contributed by atoms with Crippen LogP contribution in [-0.2, 0) is 0 Å². The lowest BCUT2D eigenvalue weighted by atomic mass is 10.3. The highest BCUT2D eigenvalue weighted by Gasteiger charge is 2.07. The van der Waals surface area contributed by atoms with Crippen LogP contribution in [0.4, 0.5) is 5.82 Å². The van der Waals surface area contributed by atoms with E-state index in [9.17, 15) is 4.79 Å². The predicted octanol–water partition coefficient (Wildman–Crippen LogP) is 0.525. The molecule has 0 aliphatic rings. The largest absolute Gasteiger partial charge is 0.475 e. The van der Waals surface area contributed by atoms with Gasteiger partial charge in [0.25, 0.3) is 0 Å². The Balaban J connectivity index is 3.13. The van der Waals surface area contributed by atoms with Crippen molar-refractivity contribution in [1.29, 1.82) is 0 Å². The molecule has 1 aromatic heterocycles. The number of carboxylic acid groups (broad SMARTS) is 1. The number of hydrogen-bond acceptors (Lipinski definition) is 4. The molecule has 0 atom stereocenters. The minimum atomic E-state index is -1.12. The summed E-state index contributed by atoms with van der Waals surface area (Å²) in [7, 11) is 1.68. The van der Waals surface area contributed by atoms with Gasteiger partial charge in [-0.05, 0) is 6.92 Å². The van der Waals surface area contributed by atoms with E-state index in [4.69, 9.17) is 5.11 Å². The Labute approximate surface area is 69.5 Å². The van der Waals surface area contributed by atoms with Crippen molar-refractivity contribution < 1.29 is 9.90 Å². The molecule has 1 rings (SSSR count). The summed E-state index contributed by atoms with van der Waals surface area (Å²) in [5.74, 6) is -0.765. The fourth-order valence-corrected chi connectivity index (χ4v) is 0.798. The minimum Gasteiger partial charge on any atom is -0.475 e. The lowest BCUT2D eigenvalue weighted by Gasteiger charge is -2.02. The predicted molar refractivity (Wildman–Crippen MR) is 43.3 cm³/mol. The first-order valence-corrected chi connectivity index (χ1v) is 3.40. The van der Waals surface area contributed by atoms with Crippen molar-refractivity contribution in [1.82, 2.24) is 9.97 Å². The van der Waals surface area contributed by atoms with Gasteiger partial charge in [0.15, 0.2) is 0 Å². The summed E-state index contributed by atoms with van der Waals surface area (Å²) >= 11 is 0. The monoisotopic (exact) mass is 167 g/mol. The van der Waals surface area contributed by atoms with Crippen molar-refractivity contribution in [3.05, 3.63) is 17.6 Å². The van der Waals surface area contributed by atoms with E-state index < -0.39 is 5.97 Å². The third-order valence-corrected chi connectivity index (χ3v) is 1.40. The summed E-state index contributed by atoms with van der Waals surface area (Å²) in [5, 5.41) is 11.3. The van der Waals surface area contributed by atoms with Gasteiger partial charge in [0.05, 0.1) is 0 Å². The van der Waals surface area contributed by atoms with Crippen LogP contribution in [0.5, 0.6) is 0 Å². The first kappa shape index (κ1) is 8.45. The van der Waals surface area contributed by atoms with Crippen molar-refractivity contribution in [2.45, 2.75) is 6.92 Å². The van der Waals surface area contributed by atoms with Gasteiger partial charge in [-0.15, -0.1) is 0 Å². The van der Waals surface area contributed by atoms with Gasteiger partial charge < -0.3 is 10.4 Å².